The molecule has 0 heterocycles. The molecule has 0 radical (unpaired) electrons. The number of aliphatic hydroxyl groups excluding tert-OH is 1. The highest BCUT2D eigenvalue weighted by Crippen LogP contribution is 2.39. The van der Waals surface area contributed by atoms with E-state index in [1.54, 1.807) is 0 Å². The summed E-state index contributed by atoms with van der Waals surface area (Å²) in [4.78, 5) is 16.9. The molecule has 2 fully saturated rings. The van der Waals surface area contributed by atoms with Crippen molar-refractivity contribution >= 4 is 11.9 Å². The summed E-state index contributed by atoms with van der Waals surface area (Å²) in [7, 11) is 0. The van der Waals surface area contributed by atoms with Crippen LogP contribution in [-0.2, 0) is 4.79 Å². The molecular weight excluding hydrogens is 340 g/mol. The Bertz CT molecular complexity index is 450. The van der Waals surface area contributed by atoms with Gasteiger partial charge in [-0.25, -0.2) is 0 Å². The zero-order valence-electron chi connectivity index (χ0n) is 17.2. The molecule has 0 saturated heterocycles. The number of nitrogens with one attached hydrogen (secondary N) is 3. The molecule has 0 atom stereocenters. The van der Waals surface area contributed by atoms with Crippen molar-refractivity contribution in [3.63, 3.8) is 0 Å². The standard InChI is InChI=1S/C21H40N4O2/c1-2-22-20(24-17-21(14-16-26)12-7-4-8-13-21)23-15-11-19(27)25-18-9-5-3-6-10-18/h18,26H,2-17H2,1H3,(H,25,27)(H2,22,23,24). The van der Waals surface area contributed by atoms with Crippen LogP contribution in [0.4, 0.5) is 0 Å². The Hall–Kier alpha value is -1.30. The van der Waals surface area contributed by atoms with Gasteiger partial charge >= 0.3 is 0 Å². The number of aliphatic hydroxyl groups is 1. The van der Waals surface area contributed by atoms with Crippen molar-refractivity contribution in [1.82, 2.24) is 16.0 Å². The SMILES string of the molecule is CCNC(=NCC1(CCO)CCCCC1)NCCC(=O)NC1CCCCC1. The zero-order valence-corrected chi connectivity index (χ0v) is 17.2. The topological polar surface area (TPSA) is 85.8 Å². The van der Waals surface area contributed by atoms with E-state index >= 15 is 0 Å². The second-order valence-electron chi connectivity index (χ2n) is 8.31. The molecule has 27 heavy (non-hydrogen) atoms. The summed E-state index contributed by atoms with van der Waals surface area (Å²) < 4.78 is 0. The first-order chi connectivity index (χ1) is 13.2. The highest BCUT2D eigenvalue weighted by molar-refractivity contribution is 5.81. The Morgan fingerprint density at radius 2 is 1.78 bits per heavy atom. The highest BCUT2D eigenvalue weighted by atomic mass is 16.3. The molecule has 2 aliphatic rings. The van der Waals surface area contributed by atoms with Crippen molar-refractivity contribution in [3.8, 4) is 0 Å². The quantitative estimate of drug-likeness (QED) is 0.366. The molecule has 0 aliphatic heterocycles. The Labute approximate surface area is 165 Å². The lowest BCUT2D eigenvalue weighted by atomic mass is 9.72. The van der Waals surface area contributed by atoms with Gasteiger partial charge in [0.1, 0.15) is 0 Å². The predicted molar refractivity (Wildman–Crippen MR) is 111 cm³/mol. The fourth-order valence-electron chi connectivity index (χ4n) is 4.46. The maximum Gasteiger partial charge on any atom is 0.221 e. The van der Waals surface area contributed by atoms with Gasteiger partial charge in [0.25, 0.3) is 0 Å². The van der Waals surface area contributed by atoms with Gasteiger partial charge in [0, 0.05) is 38.7 Å². The Morgan fingerprint density at radius 1 is 1.07 bits per heavy atom. The van der Waals surface area contributed by atoms with E-state index in [1.165, 1.54) is 38.5 Å². The fourth-order valence-corrected chi connectivity index (χ4v) is 4.46. The average Bonchev–Trinajstić information content (AvgIpc) is 2.68. The van der Waals surface area contributed by atoms with Gasteiger partial charge in [-0.2, -0.15) is 0 Å². The molecule has 156 valence electrons. The van der Waals surface area contributed by atoms with E-state index in [0.29, 0.717) is 19.0 Å². The van der Waals surface area contributed by atoms with Crippen LogP contribution in [0.3, 0.4) is 0 Å². The molecule has 0 spiro atoms. The number of rotatable bonds is 9. The van der Waals surface area contributed by atoms with Crippen LogP contribution >= 0.6 is 0 Å². The summed E-state index contributed by atoms with van der Waals surface area (Å²) in [6.45, 7) is 4.43. The van der Waals surface area contributed by atoms with Gasteiger partial charge in [0.2, 0.25) is 5.91 Å². The largest absolute Gasteiger partial charge is 0.396 e. The molecule has 0 aromatic rings. The number of hydrogen-bond acceptors (Lipinski definition) is 3. The summed E-state index contributed by atoms with van der Waals surface area (Å²) in [6, 6.07) is 0.373. The van der Waals surface area contributed by atoms with Crippen molar-refractivity contribution in [3.05, 3.63) is 0 Å². The van der Waals surface area contributed by atoms with Crippen LogP contribution in [0.2, 0.25) is 0 Å². The Kier molecular flexibility index (Phi) is 9.95. The van der Waals surface area contributed by atoms with Gasteiger partial charge in [0.15, 0.2) is 5.96 Å². The first kappa shape index (κ1) is 22.0. The monoisotopic (exact) mass is 380 g/mol. The van der Waals surface area contributed by atoms with Gasteiger partial charge in [-0.3, -0.25) is 9.79 Å². The summed E-state index contributed by atoms with van der Waals surface area (Å²) in [6.07, 6.45) is 13.4. The second-order valence-corrected chi connectivity index (χ2v) is 8.31. The van der Waals surface area contributed by atoms with E-state index in [9.17, 15) is 9.90 Å². The zero-order chi connectivity index (χ0) is 19.4. The third-order valence-corrected chi connectivity index (χ3v) is 6.09. The van der Waals surface area contributed by atoms with Crippen LogP contribution in [0.15, 0.2) is 4.99 Å². The van der Waals surface area contributed by atoms with E-state index in [1.807, 2.05) is 0 Å². The maximum atomic E-state index is 12.2. The minimum absolute atomic E-state index is 0.134. The summed E-state index contributed by atoms with van der Waals surface area (Å²) in [5, 5.41) is 19.2. The fraction of sp³-hybridized carbons (Fsp3) is 0.905. The molecule has 0 bridgehead atoms. The number of hydrogen-bond donors (Lipinski definition) is 4. The molecule has 0 aromatic carbocycles. The minimum atomic E-state index is 0.134. The molecule has 6 nitrogen and oxygen atoms in total. The van der Waals surface area contributed by atoms with E-state index in [-0.39, 0.29) is 17.9 Å². The molecule has 2 saturated carbocycles. The van der Waals surface area contributed by atoms with Crippen molar-refractivity contribution in [1.29, 1.82) is 0 Å². The van der Waals surface area contributed by atoms with Crippen LogP contribution < -0.4 is 16.0 Å². The summed E-state index contributed by atoms with van der Waals surface area (Å²) in [5.41, 5.74) is 0.147. The van der Waals surface area contributed by atoms with Gasteiger partial charge in [-0.15, -0.1) is 0 Å². The van der Waals surface area contributed by atoms with Crippen LogP contribution in [0.25, 0.3) is 0 Å². The van der Waals surface area contributed by atoms with Crippen LogP contribution in [0.1, 0.15) is 84.0 Å². The van der Waals surface area contributed by atoms with Gasteiger partial charge in [0.05, 0.1) is 0 Å². The normalized spacial score (nSPS) is 20.9. The third kappa shape index (κ3) is 8.08. The number of aliphatic imine (C=N–C) groups is 1. The molecule has 4 N–H and O–H groups in total. The van der Waals surface area contributed by atoms with E-state index < -0.39 is 0 Å². The third-order valence-electron chi connectivity index (χ3n) is 6.09. The van der Waals surface area contributed by atoms with Gasteiger partial charge in [-0.05, 0) is 44.4 Å². The number of nitrogens with zero attached hydrogens (tertiary/aromatic N) is 1. The van der Waals surface area contributed by atoms with Crippen molar-refractivity contribution in [2.45, 2.75) is 90.0 Å². The lowest BCUT2D eigenvalue weighted by Gasteiger charge is -2.35. The van der Waals surface area contributed by atoms with Crippen molar-refractivity contribution in [2.24, 2.45) is 10.4 Å². The molecule has 2 rings (SSSR count). The van der Waals surface area contributed by atoms with Crippen LogP contribution in [0.5, 0.6) is 0 Å². The van der Waals surface area contributed by atoms with E-state index in [0.717, 1.165) is 51.2 Å². The highest BCUT2D eigenvalue weighted by Gasteiger charge is 2.31. The molecular formula is C21H40N4O2. The number of guanidine groups is 1. The average molecular weight is 381 g/mol. The summed E-state index contributed by atoms with van der Waals surface area (Å²) in [5.74, 6) is 0.917. The van der Waals surface area contributed by atoms with Gasteiger partial charge in [-0.1, -0.05) is 38.5 Å². The molecule has 6 heteroatoms. The Morgan fingerprint density at radius 3 is 2.44 bits per heavy atom. The number of carbonyl (C=O) groups is 1. The van der Waals surface area contributed by atoms with E-state index in [2.05, 4.69) is 22.9 Å². The van der Waals surface area contributed by atoms with Crippen LogP contribution in [-0.4, -0.2) is 49.3 Å². The minimum Gasteiger partial charge on any atom is -0.396 e. The first-order valence-electron chi connectivity index (χ1n) is 11.1. The predicted octanol–water partition coefficient (Wildman–Crippen LogP) is 2.71. The van der Waals surface area contributed by atoms with Crippen molar-refractivity contribution < 1.29 is 9.90 Å². The molecule has 0 aromatic heterocycles. The molecule has 2 aliphatic carbocycles. The molecule has 0 unspecified atom stereocenters. The number of carbonyl (C=O) groups excluding carboxylic acids is 1. The lowest BCUT2D eigenvalue weighted by Crippen LogP contribution is -2.42. The van der Waals surface area contributed by atoms with Gasteiger partial charge < -0.3 is 21.1 Å². The maximum absolute atomic E-state index is 12.2. The smallest absolute Gasteiger partial charge is 0.221 e. The first-order valence-corrected chi connectivity index (χ1v) is 11.1. The number of amides is 1. The lowest BCUT2D eigenvalue weighted by molar-refractivity contribution is -0.121. The Balaban J connectivity index is 1.77. The van der Waals surface area contributed by atoms with Crippen LogP contribution in [0, 0.1) is 5.41 Å². The van der Waals surface area contributed by atoms with E-state index in [4.69, 9.17) is 4.99 Å². The molecule has 1 amide bonds. The van der Waals surface area contributed by atoms with Crippen molar-refractivity contribution in [2.75, 3.05) is 26.2 Å². The summed E-state index contributed by atoms with van der Waals surface area (Å²) >= 11 is 0. The second kappa shape index (κ2) is 12.2.